The van der Waals surface area contributed by atoms with E-state index < -0.39 is 8.07 Å². The van der Waals surface area contributed by atoms with Crippen LogP contribution in [0.1, 0.15) is 16.8 Å². The molecule has 0 fully saturated rings. The molecule has 17 heavy (non-hydrogen) atoms. The van der Waals surface area contributed by atoms with E-state index in [1.54, 1.807) is 12.1 Å². The third-order valence-electron chi connectivity index (χ3n) is 1.93. The number of ether oxygens (including phenoxy) is 1. The van der Waals surface area contributed by atoms with Crippen molar-refractivity contribution >= 4 is 14.0 Å². The van der Waals surface area contributed by atoms with Gasteiger partial charge in [0, 0.05) is 6.42 Å². The Labute approximate surface area is 104 Å². The maximum atomic E-state index is 11.5. The van der Waals surface area contributed by atoms with Gasteiger partial charge in [0.15, 0.2) is 0 Å². The number of hydrogen-bond acceptors (Lipinski definition) is 2. The van der Waals surface area contributed by atoms with Crippen molar-refractivity contribution in [2.45, 2.75) is 26.1 Å². The van der Waals surface area contributed by atoms with E-state index in [0.29, 0.717) is 18.6 Å². The van der Waals surface area contributed by atoms with Gasteiger partial charge in [0.05, 0.1) is 5.56 Å². The molecule has 0 heterocycles. The summed E-state index contributed by atoms with van der Waals surface area (Å²) in [4.78, 5) is 11.5. The molecule has 0 bridgehead atoms. The standard InChI is InChI=1S/C14H18O2Si/c1-17(2,3)12-8-7-11-16-14(15)13-9-5-4-6-10-13/h4-6,9-10H,7,11H2,1-3H3. The van der Waals surface area contributed by atoms with Crippen LogP contribution < -0.4 is 0 Å². The molecule has 0 saturated heterocycles. The monoisotopic (exact) mass is 246 g/mol. The Morgan fingerprint density at radius 3 is 2.47 bits per heavy atom. The third-order valence-corrected chi connectivity index (χ3v) is 2.86. The normalized spacial score (nSPS) is 10.3. The Morgan fingerprint density at radius 2 is 1.88 bits per heavy atom. The first kappa shape index (κ1) is 13.5. The zero-order valence-corrected chi connectivity index (χ0v) is 11.6. The molecule has 1 aromatic rings. The van der Waals surface area contributed by atoms with Gasteiger partial charge in [-0.15, -0.1) is 11.5 Å². The number of carbonyl (C=O) groups is 1. The second-order valence-electron chi connectivity index (χ2n) is 4.80. The Morgan fingerprint density at radius 1 is 1.24 bits per heavy atom. The number of carbonyl (C=O) groups excluding carboxylic acids is 1. The lowest BCUT2D eigenvalue weighted by Crippen LogP contribution is -2.16. The molecule has 90 valence electrons. The highest BCUT2D eigenvalue weighted by Gasteiger charge is 2.07. The molecule has 3 heteroatoms. The minimum Gasteiger partial charge on any atom is -0.461 e. The summed E-state index contributed by atoms with van der Waals surface area (Å²) in [7, 11) is -1.30. The summed E-state index contributed by atoms with van der Waals surface area (Å²) in [6.45, 7) is 6.94. The second-order valence-corrected chi connectivity index (χ2v) is 9.55. The third kappa shape index (κ3) is 5.93. The molecule has 2 nitrogen and oxygen atoms in total. The van der Waals surface area contributed by atoms with Crippen molar-refractivity contribution in [2.75, 3.05) is 6.61 Å². The van der Waals surface area contributed by atoms with E-state index in [1.165, 1.54) is 0 Å². The van der Waals surface area contributed by atoms with Crippen molar-refractivity contribution in [1.29, 1.82) is 0 Å². The van der Waals surface area contributed by atoms with E-state index in [4.69, 9.17) is 4.74 Å². The van der Waals surface area contributed by atoms with Crippen LogP contribution in [0, 0.1) is 11.5 Å². The lowest BCUT2D eigenvalue weighted by atomic mass is 10.2. The number of benzene rings is 1. The molecule has 0 N–H and O–H groups in total. The van der Waals surface area contributed by atoms with E-state index in [0.717, 1.165) is 0 Å². The molecule has 0 aromatic heterocycles. The lowest BCUT2D eigenvalue weighted by Gasteiger charge is -2.04. The van der Waals surface area contributed by atoms with E-state index >= 15 is 0 Å². The van der Waals surface area contributed by atoms with Crippen molar-refractivity contribution in [2.24, 2.45) is 0 Å². The van der Waals surface area contributed by atoms with Crippen LogP contribution in [0.4, 0.5) is 0 Å². The zero-order valence-electron chi connectivity index (χ0n) is 10.6. The summed E-state index contributed by atoms with van der Waals surface area (Å²) < 4.78 is 5.12. The van der Waals surface area contributed by atoms with Crippen molar-refractivity contribution in [3.63, 3.8) is 0 Å². The average molecular weight is 246 g/mol. The Hall–Kier alpha value is -1.53. The van der Waals surface area contributed by atoms with Gasteiger partial charge in [-0.05, 0) is 12.1 Å². The lowest BCUT2D eigenvalue weighted by molar-refractivity contribution is 0.0513. The van der Waals surface area contributed by atoms with Crippen LogP contribution in [0.5, 0.6) is 0 Å². The largest absolute Gasteiger partial charge is 0.461 e. The van der Waals surface area contributed by atoms with Gasteiger partial charge < -0.3 is 4.74 Å². The van der Waals surface area contributed by atoms with Crippen LogP contribution in [-0.2, 0) is 4.74 Å². The van der Waals surface area contributed by atoms with Gasteiger partial charge in [-0.25, -0.2) is 4.79 Å². The minimum absolute atomic E-state index is 0.277. The van der Waals surface area contributed by atoms with Crippen LogP contribution in [0.25, 0.3) is 0 Å². The van der Waals surface area contributed by atoms with Gasteiger partial charge in [0.25, 0.3) is 0 Å². The van der Waals surface area contributed by atoms with Gasteiger partial charge in [0.2, 0.25) is 0 Å². The maximum absolute atomic E-state index is 11.5. The second kappa shape index (κ2) is 6.26. The zero-order chi connectivity index (χ0) is 12.7. The first-order chi connectivity index (χ1) is 7.99. The highest BCUT2D eigenvalue weighted by Crippen LogP contribution is 2.01. The molecule has 0 aliphatic heterocycles. The summed E-state index contributed by atoms with van der Waals surface area (Å²) in [6, 6.07) is 9.01. The molecule has 0 aliphatic rings. The van der Waals surface area contributed by atoms with Crippen LogP contribution in [0.3, 0.4) is 0 Å². The van der Waals surface area contributed by atoms with E-state index in [2.05, 4.69) is 31.1 Å². The number of esters is 1. The van der Waals surface area contributed by atoms with Gasteiger partial charge in [-0.2, -0.15) is 0 Å². The summed E-state index contributed by atoms with van der Waals surface area (Å²) in [5, 5.41) is 0. The highest BCUT2D eigenvalue weighted by molar-refractivity contribution is 6.83. The van der Waals surface area contributed by atoms with Gasteiger partial charge in [-0.3, -0.25) is 0 Å². The molecular weight excluding hydrogens is 228 g/mol. The number of rotatable bonds is 3. The van der Waals surface area contributed by atoms with Crippen LogP contribution in [-0.4, -0.2) is 20.7 Å². The molecular formula is C14H18O2Si. The molecule has 1 rings (SSSR count). The molecule has 0 unspecified atom stereocenters. The summed E-state index contributed by atoms with van der Waals surface area (Å²) in [5.74, 6) is 2.79. The topological polar surface area (TPSA) is 26.3 Å². The molecule has 0 spiro atoms. The molecule has 0 saturated carbocycles. The highest BCUT2D eigenvalue weighted by atomic mass is 28.3. The molecule has 0 radical (unpaired) electrons. The Balaban J connectivity index is 2.33. The summed E-state index contributed by atoms with van der Waals surface area (Å²) in [5.41, 5.74) is 3.82. The Bertz CT molecular complexity index is 421. The SMILES string of the molecule is C[Si](C)(C)C#CCCOC(=O)c1ccccc1. The molecule has 0 atom stereocenters. The number of hydrogen-bond donors (Lipinski definition) is 0. The fraction of sp³-hybridized carbons (Fsp3) is 0.357. The maximum Gasteiger partial charge on any atom is 0.338 e. The Kier molecular flexibility index (Phi) is 4.99. The molecule has 0 aliphatic carbocycles. The van der Waals surface area contributed by atoms with Crippen molar-refractivity contribution < 1.29 is 9.53 Å². The van der Waals surface area contributed by atoms with E-state index in [9.17, 15) is 4.79 Å². The van der Waals surface area contributed by atoms with Crippen molar-refractivity contribution in [3.8, 4) is 11.5 Å². The smallest absolute Gasteiger partial charge is 0.338 e. The van der Waals surface area contributed by atoms with Crippen LogP contribution in [0.2, 0.25) is 19.6 Å². The van der Waals surface area contributed by atoms with Crippen LogP contribution >= 0.6 is 0 Å². The van der Waals surface area contributed by atoms with Crippen LogP contribution in [0.15, 0.2) is 30.3 Å². The van der Waals surface area contributed by atoms with Crippen molar-refractivity contribution in [1.82, 2.24) is 0 Å². The first-order valence-corrected chi connectivity index (χ1v) is 9.21. The predicted molar refractivity (Wildman–Crippen MR) is 72.5 cm³/mol. The summed E-state index contributed by atoms with van der Waals surface area (Å²) in [6.07, 6.45) is 0.614. The van der Waals surface area contributed by atoms with Gasteiger partial charge >= 0.3 is 5.97 Å². The minimum atomic E-state index is -1.30. The summed E-state index contributed by atoms with van der Waals surface area (Å²) >= 11 is 0. The predicted octanol–water partition coefficient (Wildman–Crippen LogP) is 3.11. The van der Waals surface area contributed by atoms with Gasteiger partial charge in [0.1, 0.15) is 14.7 Å². The van der Waals surface area contributed by atoms with Crippen molar-refractivity contribution in [3.05, 3.63) is 35.9 Å². The van der Waals surface area contributed by atoms with E-state index in [-0.39, 0.29) is 5.97 Å². The average Bonchev–Trinajstić information content (AvgIpc) is 2.28. The fourth-order valence-corrected chi connectivity index (χ4v) is 1.84. The first-order valence-electron chi connectivity index (χ1n) is 5.71. The molecule has 0 amide bonds. The molecule has 1 aromatic carbocycles. The fourth-order valence-electron chi connectivity index (χ4n) is 1.18. The van der Waals surface area contributed by atoms with E-state index in [1.807, 2.05) is 18.2 Å². The quantitative estimate of drug-likeness (QED) is 0.354. The van der Waals surface area contributed by atoms with Gasteiger partial charge in [-0.1, -0.05) is 37.8 Å².